The summed E-state index contributed by atoms with van der Waals surface area (Å²) in [7, 11) is 0. The van der Waals surface area contributed by atoms with Crippen molar-refractivity contribution < 1.29 is 0 Å². The second kappa shape index (κ2) is 5.61. The maximum atomic E-state index is 4.17. The van der Waals surface area contributed by atoms with Crippen LogP contribution in [0.3, 0.4) is 0 Å². The van der Waals surface area contributed by atoms with Gasteiger partial charge in [0.15, 0.2) is 0 Å². The molecule has 1 unspecified atom stereocenters. The molecule has 0 aliphatic carbocycles. The number of hydrogen-bond acceptors (Lipinski definition) is 7. The van der Waals surface area contributed by atoms with Gasteiger partial charge in [-0.05, 0) is 53.6 Å². The normalized spacial score (nSPS) is 20.4. The quantitative estimate of drug-likeness (QED) is 0.796. The number of tetrazole rings is 2. The summed E-state index contributed by atoms with van der Waals surface area (Å²) in [5.74, 6) is 1.27. The average molecular weight is 277 g/mol. The Bertz CT molecular complexity index is 560. The molecule has 2 aromatic rings. The summed E-state index contributed by atoms with van der Waals surface area (Å²) < 4.78 is 3.57. The van der Waals surface area contributed by atoms with Crippen molar-refractivity contribution in [2.75, 3.05) is 13.1 Å². The maximum absolute atomic E-state index is 4.17. The van der Waals surface area contributed by atoms with Gasteiger partial charge in [0.05, 0.1) is 0 Å². The Morgan fingerprint density at radius 1 is 1.00 bits per heavy atom. The zero-order chi connectivity index (χ0) is 13.9. The molecule has 20 heavy (non-hydrogen) atoms. The highest BCUT2D eigenvalue weighted by Gasteiger charge is 2.28. The Morgan fingerprint density at radius 3 is 2.60 bits per heavy atom. The molecule has 108 valence electrons. The fourth-order valence-electron chi connectivity index (χ4n) is 2.74. The molecule has 0 amide bonds. The summed E-state index contributed by atoms with van der Waals surface area (Å²) in [4.78, 5) is 2.39. The molecule has 0 saturated carbocycles. The van der Waals surface area contributed by atoms with Gasteiger partial charge in [-0.15, -0.1) is 10.2 Å². The third-order valence-electron chi connectivity index (χ3n) is 3.79. The van der Waals surface area contributed by atoms with E-state index in [1.165, 1.54) is 12.8 Å². The first kappa shape index (κ1) is 13.1. The summed E-state index contributed by atoms with van der Waals surface area (Å²) in [5.41, 5.74) is 0. The van der Waals surface area contributed by atoms with Crippen LogP contribution in [0.1, 0.15) is 39.3 Å². The zero-order valence-electron chi connectivity index (χ0n) is 11.8. The van der Waals surface area contributed by atoms with E-state index in [2.05, 4.69) is 42.9 Å². The number of aryl methyl sites for hydroxylation is 1. The number of likely N-dealkylation sites (tertiary alicyclic amines) is 1. The third-order valence-corrected chi connectivity index (χ3v) is 3.79. The molecule has 1 atom stereocenters. The van der Waals surface area contributed by atoms with Gasteiger partial charge < -0.3 is 0 Å². The van der Waals surface area contributed by atoms with E-state index in [4.69, 9.17) is 0 Å². The van der Waals surface area contributed by atoms with Crippen molar-refractivity contribution in [3.05, 3.63) is 0 Å². The molecule has 9 nitrogen and oxygen atoms in total. The number of rotatable bonds is 4. The van der Waals surface area contributed by atoms with E-state index in [1.54, 1.807) is 4.68 Å². The second-order valence-electron chi connectivity index (χ2n) is 4.87. The van der Waals surface area contributed by atoms with E-state index in [0.717, 1.165) is 19.5 Å². The lowest BCUT2D eigenvalue weighted by atomic mass is 10.1. The first-order chi connectivity index (χ1) is 9.85. The number of nitrogens with zero attached hydrogens (tertiary/aromatic N) is 9. The van der Waals surface area contributed by atoms with Crippen LogP contribution in [0.25, 0.3) is 11.6 Å². The lowest BCUT2D eigenvalue weighted by Gasteiger charge is -2.34. The monoisotopic (exact) mass is 277 g/mol. The second-order valence-corrected chi connectivity index (χ2v) is 4.87. The van der Waals surface area contributed by atoms with Gasteiger partial charge in [0.1, 0.15) is 6.17 Å². The first-order valence-corrected chi connectivity index (χ1v) is 7.13. The van der Waals surface area contributed by atoms with Crippen LogP contribution in [-0.2, 0) is 6.54 Å². The maximum Gasteiger partial charge on any atom is 0.223 e. The predicted octanol–water partition coefficient (Wildman–Crippen LogP) is 0.351. The minimum Gasteiger partial charge on any atom is -0.282 e. The van der Waals surface area contributed by atoms with Crippen molar-refractivity contribution in [3.63, 3.8) is 0 Å². The van der Waals surface area contributed by atoms with Crippen molar-refractivity contribution in [1.29, 1.82) is 0 Å². The van der Waals surface area contributed by atoms with Gasteiger partial charge in [-0.3, -0.25) is 4.90 Å². The topological polar surface area (TPSA) is 90.4 Å². The van der Waals surface area contributed by atoms with Crippen LogP contribution in [0.5, 0.6) is 0 Å². The van der Waals surface area contributed by atoms with Crippen LogP contribution < -0.4 is 0 Å². The molecule has 3 rings (SSSR count). The number of piperidine rings is 1. The van der Waals surface area contributed by atoms with Crippen LogP contribution in [0.15, 0.2) is 0 Å². The smallest absolute Gasteiger partial charge is 0.223 e. The lowest BCUT2D eigenvalue weighted by Crippen LogP contribution is -2.37. The van der Waals surface area contributed by atoms with Gasteiger partial charge in [0.2, 0.25) is 11.6 Å². The predicted molar refractivity (Wildman–Crippen MR) is 70.4 cm³/mol. The molecule has 0 spiro atoms. The van der Waals surface area contributed by atoms with Gasteiger partial charge in [-0.25, -0.2) is 9.36 Å². The summed E-state index contributed by atoms with van der Waals surface area (Å²) >= 11 is 0. The molecule has 1 saturated heterocycles. The molecule has 1 aliphatic rings. The van der Waals surface area contributed by atoms with Crippen molar-refractivity contribution in [3.8, 4) is 11.6 Å². The Labute approximate surface area is 116 Å². The Hall–Kier alpha value is -1.90. The van der Waals surface area contributed by atoms with Crippen molar-refractivity contribution in [2.45, 2.75) is 45.8 Å². The fourth-order valence-corrected chi connectivity index (χ4v) is 2.74. The van der Waals surface area contributed by atoms with Crippen molar-refractivity contribution >= 4 is 0 Å². The van der Waals surface area contributed by atoms with Crippen LogP contribution in [0.4, 0.5) is 0 Å². The summed E-state index contributed by atoms with van der Waals surface area (Å²) in [6.07, 6.45) is 3.67. The molecule has 0 N–H and O–H groups in total. The van der Waals surface area contributed by atoms with E-state index in [1.807, 2.05) is 11.6 Å². The van der Waals surface area contributed by atoms with Crippen LogP contribution in [0, 0.1) is 0 Å². The van der Waals surface area contributed by atoms with Gasteiger partial charge in [-0.1, -0.05) is 6.92 Å². The summed E-state index contributed by atoms with van der Waals surface area (Å²) in [6.45, 7) is 6.92. The highest BCUT2D eigenvalue weighted by molar-refractivity contribution is 5.41. The highest BCUT2D eigenvalue weighted by atomic mass is 15.6. The zero-order valence-corrected chi connectivity index (χ0v) is 11.8. The molecule has 2 aromatic heterocycles. The summed E-state index contributed by atoms with van der Waals surface area (Å²) in [5, 5.41) is 23.8. The Kier molecular flexibility index (Phi) is 3.68. The lowest BCUT2D eigenvalue weighted by molar-refractivity contribution is 0.0910. The average Bonchev–Trinajstić information content (AvgIpc) is 3.14. The van der Waals surface area contributed by atoms with Gasteiger partial charge in [0, 0.05) is 13.1 Å². The number of aromatic nitrogens is 8. The minimum absolute atomic E-state index is 0.195. The van der Waals surface area contributed by atoms with Gasteiger partial charge >= 0.3 is 0 Å². The van der Waals surface area contributed by atoms with Crippen molar-refractivity contribution in [1.82, 2.24) is 45.3 Å². The SMILES string of the molecule is CCN1CCCCC1n1nnnc1-c1nnnn1CC. The first-order valence-electron chi connectivity index (χ1n) is 7.13. The Morgan fingerprint density at radius 2 is 1.80 bits per heavy atom. The molecule has 1 fully saturated rings. The van der Waals surface area contributed by atoms with E-state index in [-0.39, 0.29) is 6.17 Å². The molecular weight excluding hydrogens is 258 g/mol. The molecular formula is C11H19N9. The van der Waals surface area contributed by atoms with Crippen LogP contribution in [0.2, 0.25) is 0 Å². The van der Waals surface area contributed by atoms with E-state index >= 15 is 0 Å². The minimum atomic E-state index is 0.195. The van der Waals surface area contributed by atoms with E-state index in [9.17, 15) is 0 Å². The molecule has 9 heteroatoms. The van der Waals surface area contributed by atoms with Gasteiger partial charge in [0.25, 0.3) is 0 Å². The Balaban J connectivity index is 1.97. The molecule has 0 radical (unpaired) electrons. The number of hydrogen-bond donors (Lipinski definition) is 0. The van der Waals surface area contributed by atoms with Gasteiger partial charge in [-0.2, -0.15) is 0 Å². The van der Waals surface area contributed by atoms with E-state index in [0.29, 0.717) is 18.2 Å². The van der Waals surface area contributed by atoms with E-state index < -0.39 is 0 Å². The highest BCUT2D eigenvalue weighted by Crippen LogP contribution is 2.27. The molecule has 0 aromatic carbocycles. The largest absolute Gasteiger partial charge is 0.282 e. The fraction of sp³-hybridized carbons (Fsp3) is 0.818. The van der Waals surface area contributed by atoms with Crippen LogP contribution in [-0.4, -0.2) is 58.4 Å². The van der Waals surface area contributed by atoms with Crippen molar-refractivity contribution in [2.24, 2.45) is 0 Å². The molecule has 3 heterocycles. The third kappa shape index (κ3) is 2.17. The summed E-state index contributed by atoms with van der Waals surface area (Å²) in [6, 6.07) is 0. The van der Waals surface area contributed by atoms with Crippen LogP contribution >= 0.6 is 0 Å². The molecule has 1 aliphatic heterocycles. The molecule has 0 bridgehead atoms. The standard InChI is InChI=1S/C11H19N9/c1-3-18-8-6-5-7-9(18)20-11(13-15-17-20)10-12-14-16-19(10)4-2/h9H,3-8H2,1-2H3.